The molecule has 0 aliphatic carbocycles. The second kappa shape index (κ2) is 8.55. The van der Waals surface area contributed by atoms with Crippen molar-refractivity contribution < 1.29 is 4.74 Å². The first-order chi connectivity index (χ1) is 7.60. The molecule has 0 aliphatic rings. The molecule has 0 aromatic rings. The van der Waals surface area contributed by atoms with Gasteiger partial charge in [0.15, 0.2) is 0 Å². The Kier molecular flexibility index (Phi) is 8.23. The molecule has 0 fully saturated rings. The van der Waals surface area contributed by atoms with Crippen LogP contribution in [0.3, 0.4) is 0 Å². The summed E-state index contributed by atoms with van der Waals surface area (Å²) in [6.45, 7) is 9.91. The number of hydrogen-bond acceptors (Lipinski definition) is 3. The number of nitrogens with one attached hydrogen (secondary N) is 1. The standard InChI is InChI=1S/C13H26N2O/c1-5-9-16-10-7-8-13(6-2,11-14)15-12(3)4/h12,15H,5-10H2,1-4H3. The van der Waals surface area contributed by atoms with Crippen LogP contribution in [0.2, 0.25) is 0 Å². The summed E-state index contributed by atoms with van der Waals surface area (Å²) in [5, 5.41) is 12.6. The van der Waals surface area contributed by atoms with Gasteiger partial charge in [0.2, 0.25) is 0 Å². The van der Waals surface area contributed by atoms with Gasteiger partial charge in [-0.15, -0.1) is 0 Å². The van der Waals surface area contributed by atoms with Crippen LogP contribution in [0.4, 0.5) is 0 Å². The highest BCUT2D eigenvalue weighted by atomic mass is 16.5. The number of rotatable bonds is 9. The second-order valence-electron chi connectivity index (χ2n) is 4.56. The van der Waals surface area contributed by atoms with E-state index >= 15 is 0 Å². The van der Waals surface area contributed by atoms with E-state index < -0.39 is 0 Å². The van der Waals surface area contributed by atoms with Crippen LogP contribution in [0.15, 0.2) is 0 Å². The number of nitrogens with zero attached hydrogens (tertiary/aromatic N) is 1. The molecule has 0 aliphatic heterocycles. The quantitative estimate of drug-likeness (QED) is 0.615. The zero-order valence-corrected chi connectivity index (χ0v) is 11.2. The Morgan fingerprint density at radius 3 is 2.44 bits per heavy atom. The smallest absolute Gasteiger partial charge is 0.106 e. The summed E-state index contributed by atoms with van der Waals surface area (Å²) in [7, 11) is 0. The molecule has 94 valence electrons. The van der Waals surface area contributed by atoms with Crippen LogP contribution in [0.5, 0.6) is 0 Å². The van der Waals surface area contributed by atoms with Crippen LogP contribution in [-0.4, -0.2) is 24.8 Å². The Morgan fingerprint density at radius 2 is 2.00 bits per heavy atom. The van der Waals surface area contributed by atoms with Gasteiger partial charge in [0, 0.05) is 19.3 Å². The summed E-state index contributed by atoms with van der Waals surface area (Å²) >= 11 is 0. The summed E-state index contributed by atoms with van der Waals surface area (Å²) < 4.78 is 5.43. The van der Waals surface area contributed by atoms with Crippen LogP contribution in [-0.2, 0) is 4.74 Å². The molecular formula is C13H26N2O. The molecule has 16 heavy (non-hydrogen) atoms. The molecule has 3 nitrogen and oxygen atoms in total. The molecule has 1 unspecified atom stereocenters. The summed E-state index contributed by atoms with van der Waals surface area (Å²) in [4.78, 5) is 0. The van der Waals surface area contributed by atoms with E-state index in [1.165, 1.54) is 0 Å². The van der Waals surface area contributed by atoms with Crippen molar-refractivity contribution in [1.82, 2.24) is 5.32 Å². The highest BCUT2D eigenvalue weighted by molar-refractivity contribution is 5.06. The van der Waals surface area contributed by atoms with Gasteiger partial charge in [-0.1, -0.05) is 13.8 Å². The average Bonchev–Trinajstić information content (AvgIpc) is 2.26. The second-order valence-corrected chi connectivity index (χ2v) is 4.56. The molecule has 0 rings (SSSR count). The third-order valence-electron chi connectivity index (χ3n) is 2.62. The monoisotopic (exact) mass is 226 g/mol. The van der Waals surface area contributed by atoms with E-state index in [9.17, 15) is 5.26 Å². The van der Waals surface area contributed by atoms with Crippen molar-refractivity contribution in [2.75, 3.05) is 13.2 Å². The molecule has 0 radical (unpaired) electrons. The third-order valence-corrected chi connectivity index (χ3v) is 2.62. The van der Waals surface area contributed by atoms with Crippen molar-refractivity contribution in [3.8, 4) is 6.07 Å². The Hall–Kier alpha value is -0.590. The first kappa shape index (κ1) is 15.4. The summed E-state index contributed by atoms with van der Waals surface area (Å²) in [6.07, 6.45) is 3.71. The summed E-state index contributed by atoms with van der Waals surface area (Å²) in [5.41, 5.74) is -0.371. The Labute approximate surface area is 100 Å². The van der Waals surface area contributed by atoms with Gasteiger partial charge in [-0.25, -0.2) is 0 Å². The zero-order valence-electron chi connectivity index (χ0n) is 11.2. The van der Waals surface area contributed by atoms with E-state index in [0.717, 1.165) is 38.9 Å². The lowest BCUT2D eigenvalue weighted by Gasteiger charge is -2.29. The molecule has 0 aromatic carbocycles. The van der Waals surface area contributed by atoms with Crippen molar-refractivity contribution in [2.45, 2.75) is 65.0 Å². The molecule has 0 heterocycles. The maximum absolute atomic E-state index is 9.27. The van der Waals surface area contributed by atoms with Crippen molar-refractivity contribution in [2.24, 2.45) is 0 Å². The Bertz CT molecular complexity index is 210. The van der Waals surface area contributed by atoms with Crippen LogP contribution in [0.1, 0.15) is 53.4 Å². The Balaban J connectivity index is 3.98. The van der Waals surface area contributed by atoms with Crippen molar-refractivity contribution in [3.63, 3.8) is 0 Å². The summed E-state index contributed by atoms with van der Waals surface area (Å²) in [6, 6.07) is 2.76. The maximum atomic E-state index is 9.27. The molecule has 0 bridgehead atoms. The fraction of sp³-hybridized carbons (Fsp3) is 0.923. The van der Waals surface area contributed by atoms with Crippen LogP contribution in [0, 0.1) is 11.3 Å². The van der Waals surface area contributed by atoms with Gasteiger partial charge in [-0.3, -0.25) is 5.32 Å². The minimum Gasteiger partial charge on any atom is -0.381 e. The topological polar surface area (TPSA) is 45.0 Å². The minimum atomic E-state index is -0.371. The van der Waals surface area contributed by atoms with Gasteiger partial charge in [-0.2, -0.15) is 5.26 Å². The van der Waals surface area contributed by atoms with Crippen molar-refractivity contribution in [3.05, 3.63) is 0 Å². The van der Waals surface area contributed by atoms with Crippen molar-refractivity contribution >= 4 is 0 Å². The first-order valence-corrected chi connectivity index (χ1v) is 6.37. The SMILES string of the molecule is CCCOCCCC(C#N)(CC)NC(C)C. The lowest BCUT2D eigenvalue weighted by Crippen LogP contribution is -2.47. The average molecular weight is 226 g/mol. The number of ether oxygens (including phenoxy) is 1. The lowest BCUT2D eigenvalue weighted by atomic mass is 9.91. The minimum absolute atomic E-state index is 0.344. The molecular weight excluding hydrogens is 200 g/mol. The predicted octanol–water partition coefficient (Wildman–Crippen LogP) is 2.86. The van der Waals surface area contributed by atoms with E-state index in [0.29, 0.717) is 6.04 Å². The highest BCUT2D eigenvalue weighted by Gasteiger charge is 2.27. The molecule has 0 saturated heterocycles. The molecule has 0 aromatic heterocycles. The third kappa shape index (κ3) is 6.09. The van der Waals surface area contributed by atoms with E-state index in [1.54, 1.807) is 0 Å². The van der Waals surface area contributed by atoms with E-state index in [1.807, 2.05) is 0 Å². The fourth-order valence-corrected chi connectivity index (χ4v) is 1.79. The molecule has 0 saturated carbocycles. The fourth-order valence-electron chi connectivity index (χ4n) is 1.79. The molecule has 1 atom stereocenters. The predicted molar refractivity (Wildman–Crippen MR) is 67.3 cm³/mol. The van der Waals surface area contributed by atoms with E-state index in [2.05, 4.69) is 39.1 Å². The van der Waals surface area contributed by atoms with Gasteiger partial charge >= 0.3 is 0 Å². The largest absolute Gasteiger partial charge is 0.381 e. The van der Waals surface area contributed by atoms with Gasteiger partial charge in [0.25, 0.3) is 0 Å². The van der Waals surface area contributed by atoms with E-state index in [4.69, 9.17) is 4.74 Å². The lowest BCUT2D eigenvalue weighted by molar-refractivity contribution is 0.125. The van der Waals surface area contributed by atoms with Crippen LogP contribution in [0.25, 0.3) is 0 Å². The molecule has 3 heteroatoms. The van der Waals surface area contributed by atoms with Crippen molar-refractivity contribution in [1.29, 1.82) is 5.26 Å². The van der Waals surface area contributed by atoms with Gasteiger partial charge < -0.3 is 4.74 Å². The molecule has 0 amide bonds. The van der Waals surface area contributed by atoms with Crippen LogP contribution >= 0.6 is 0 Å². The molecule has 0 spiro atoms. The Morgan fingerprint density at radius 1 is 1.31 bits per heavy atom. The summed E-state index contributed by atoms with van der Waals surface area (Å²) in [5.74, 6) is 0. The van der Waals surface area contributed by atoms with E-state index in [-0.39, 0.29) is 5.54 Å². The van der Waals surface area contributed by atoms with Gasteiger partial charge in [-0.05, 0) is 39.5 Å². The first-order valence-electron chi connectivity index (χ1n) is 6.37. The maximum Gasteiger partial charge on any atom is 0.106 e. The normalized spacial score (nSPS) is 14.8. The molecule has 1 N–H and O–H groups in total. The van der Waals surface area contributed by atoms with Gasteiger partial charge in [0.05, 0.1) is 6.07 Å². The number of nitriles is 1. The van der Waals surface area contributed by atoms with Gasteiger partial charge in [0.1, 0.15) is 5.54 Å². The highest BCUT2D eigenvalue weighted by Crippen LogP contribution is 2.17. The zero-order chi connectivity index (χ0) is 12.4. The van der Waals surface area contributed by atoms with Crippen LogP contribution < -0.4 is 5.32 Å². The number of hydrogen-bond donors (Lipinski definition) is 1.